The van der Waals surface area contributed by atoms with E-state index in [1.54, 1.807) is 13.1 Å². The van der Waals surface area contributed by atoms with E-state index in [0.29, 0.717) is 12.3 Å². The lowest BCUT2D eigenvalue weighted by Gasteiger charge is -2.15. The molecule has 3 rings (SSSR count). The van der Waals surface area contributed by atoms with Crippen molar-refractivity contribution in [2.45, 2.75) is 26.5 Å². The molecule has 1 amide bonds. The lowest BCUT2D eigenvalue weighted by Crippen LogP contribution is -2.30. The van der Waals surface area contributed by atoms with Crippen LogP contribution >= 0.6 is 0 Å². The molecule has 0 radical (unpaired) electrons. The van der Waals surface area contributed by atoms with E-state index < -0.39 is 6.10 Å². The fourth-order valence-corrected chi connectivity index (χ4v) is 2.45. The van der Waals surface area contributed by atoms with Gasteiger partial charge in [0.05, 0.1) is 6.54 Å². The van der Waals surface area contributed by atoms with Crippen molar-refractivity contribution in [1.82, 2.24) is 9.78 Å². The predicted molar refractivity (Wildman–Crippen MR) is 97.7 cm³/mol. The number of ether oxygens (including phenoxy) is 1. The average molecular weight is 335 g/mol. The van der Waals surface area contributed by atoms with Crippen LogP contribution in [0.5, 0.6) is 5.75 Å². The summed E-state index contributed by atoms with van der Waals surface area (Å²) in [5.74, 6) is 0.498. The van der Waals surface area contributed by atoms with Crippen molar-refractivity contribution in [2.75, 3.05) is 5.32 Å². The molecule has 1 N–H and O–H groups in total. The highest BCUT2D eigenvalue weighted by Gasteiger charge is 2.15. The average Bonchev–Trinajstić information content (AvgIpc) is 3.10. The first-order valence-corrected chi connectivity index (χ1v) is 8.21. The molecule has 2 aromatic carbocycles. The van der Waals surface area contributed by atoms with Crippen LogP contribution in [0.2, 0.25) is 0 Å². The van der Waals surface area contributed by atoms with Gasteiger partial charge in [0.1, 0.15) is 5.75 Å². The summed E-state index contributed by atoms with van der Waals surface area (Å²) in [5.41, 5.74) is 2.96. The number of nitrogens with one attached hydrogen (secondary N) is 1. The number of hydrogen-bond acceptors (Lipinski definition) is 3. The maximum Gasteiger partial charge on any atom is 0.265 e. The molecule has 128 valence electrons. The van der Waals surface area contributed by atoms with Crippen LogP contribution in [0.15, 0.2) is 67.0 Å². The second kappa shape index (κ2) is 7.66. The van der Waals surface area contributed by atoms with Gasteiger partial charge in [-0.2, -0.15) is 5.10 Å². The molecule has 1 aromatic heterocycles. The highest BCUT2D eigenvalue weighted by Crippen LogP contribution is 2.15. The van der Waals surface area contributed by atoms with E-state index in [0.717, 1.165) is 16.8 Å². The maximum absolute atomic E-state index is 12.4. The van der Waals surface area contributed by atoms with Gasteiger partial charge in [-0.25, -0.2) is 0 Å². The molecule has 1 atom stereocenters. The van der Waals surface area contributed by atoms with Gasteiger partial charge in [0.15, 0.2) is 6.10 Å². The first kappa shape index (κ1) is 16.8. The van der Waals surface area contributed by atoms with Crippen LogP contribution in [0, 0.1) is 6.92 Å². The molecule has 3 aromatic rings. The molecule has 0 fully saturated rings. The molecule has 0 saturated carbocycles. The molecule has 0 aliphatic heterocycles. The molecule has 5 heteroatoms. The Morgan fingerprint density at radius 3 is 2.72 bits per heavy atom. The van der Waals surface area contributed by atoms with E-state index in [4.69, 9.17) is 4.74 Å². The zero-order chi connectivity index (χ0) is 17.6. The van der Waals surface area contributed by atoms with Gasteiger partial charge in [0.25, 0.3) is 5.91 Å². The van der Waals surface area contributed by atoms with Crippen molar-refractivity contribution in [1.29, 1.82) is 0 Å². The van der Waals surface area contributed by atoms with E-state index >= 15 is 0 Å². The molecule has 1 unspecified atom stereocenters. The van der Waals surface area contributed by atoms with Gasteiger partial charge in [0.2, 0.25) is 0 Å². The summed E-state index contributed by atoms with van der Waals surface area (Å²) < 4.78 is 7.53. The van der Waals surface area contributed by atoms with Gasteiger partial charge in [-0.05, 0) is 49.7 Å². The molecule has 0 aliphatic rings. The fraction of sp³-hybridized carbons (Fsp3) is 0.200. The van der Waals surface area contributed by atoms with Crippen LogP contribution in [0.25, 0.3) is 0 Å². The first-order valence-electron chi connectivity index (χ1n) is 8.21. The Kier molecular flexibility index (Phi) is 5.14. The number of anilines is 1. The Bertz CT molecular complexity index is 826. The van der Waals surface area contributed by atoms with Gasteiger partial charge >= 0.3 is 0 Å². The van der Waals surface area contributed by atoms with Crippen LogP contribution in [-0.2, 0) is 11.3 Å². The minimum absolute atomic E-state index is 0.184. The lowest BCUT2D eigenvalue weighted by molar-refractivity contribution is -0.122. The quantitative estimate of drug-likeness (QED) is 0.748. The summed E-state index contributed by atoms with van der Waals surface area (Å²) in [4.78, 5) is 12.4. The van der Waals surface area contributed by atoms with Crippen molar-refractivity contribution in [3.63, 3.8) is 0 Å². The largest absolute Gasteiger partial charge is 0.481 e. The lowest BCUT2D eigenvalue weighted by atomic mass is 10.2. The number of hydrogen-bond donors (Lipinski definition) is 1. The Hall–Kier alpha value is -3.08. The van der Waals surface area contributed by atoms with Crippen LogP contribution in [-0.4, -0.2) is 21.8 Å². The Morgan fingerprint density at radius 2 is 2.00 bits per heavy atom. The van der Waals surface area contributed by atoms with E-state index in [1.165, 1.54) is 0 Å². The number of nitrogens with zero attached hydrogens (tertiary/aromatic N) is 2. The molecular weight excluding hydrogens is 314 g/mol. The summed E-state index contributed by atoms with van der Waals surface area (Å²) in [6, 6.07) is 17.3. The summed E-state index contributed by atoms with van der Waals surface area (Å²) in [7, 11) is 0. The number of aryl methyl sites for hydroxylation is 1. The number of carbonyl (C=O) groups excluding carboxylic acids is 1. The van der Waals surface area contributed by atoms with Crippen LogP contribution in [0.1, 0.15) is 18.1 Å². The SMILES string of the molecule is Cc1ccc(OC(C)C(=O)Nc2cccc(Cn3cccn3)c2)cc1. The van der Waals surface area contributed by atoms with Crippen LogP contribution in [0.3, 0.4) is 0 Å². The molecule has 0 saturated heterocycles. The standard InChI is InChI=1S/C20H21N3O2/c1-15-7-9-19(10-8-15)25-16(2)20(24)22-18-6-3-5-17(13-18)14-23-12-4-11-21-23/h3-13,16H,14H2,1-2H3,(H,22,24). The van der Waals surface area contributed by atoms with Gasteiger partial charge in [-0.3, -0.25) is 9.48 Å². The monoisotopic (exact) mass is 335 g/mol. The summed E-state index contributed by atoms with van der Waals surface area (Å²) in [5, 5.41) is 7.09. The smallest absolute Gasteiger partial charge is 0.265 e. The molecule has 0 bridgehead atoms. The molecule has 0 aliphatic carbocycles. The number of benzene rings is 2. The van der Waals surface area contributed by atoms with Crippen LogP contribution < -0.4 is 10.1 Å². The van der Waals surface area contributed by atoms with Gasteiger partial charge in [-0.1, -0.05) is 29.8 Å². The molecule has 1 heterocycles. The molecule has 0 spiro atoms. The Labute approximate surface area is 147 Å². The number of aromatic nitrogens is 2. The van der Waals surface area contributed by atoms with E-state index in [1.807, 2.05) is 72.4 Å². The van der Waals surface area contributed by atoms with Gasteiger partial charge < -0.3 is 10.1 Å². The third-order valence-electron chi connectivity index (χ3n) is 3.80. The van der Waals surface area contributed by atoms with E-state index in [9.17, 15) is 4.79 Å². The highest BCUT2D eigenvalue weighted by atomic mass is 16.5. The zero-order valence-electron chi connectivity index (χ0n) is 14.3. The van der Waals surface area contributed by atoms with Gasteiger partial charge in [-0.15, -0.1) is 0 Å². The molecular formula is C20H21N3O2. The van der Waals surface area contributed by atoms with E-state index in [2.05, 4.69) is 10.4 Å². The first-order chi connectivity index (χ1) is 12.1. The minimum Gasteiger partial charge on any atom is -0.481 e. The summed E-state index contributed by atoms with van der Waals surface area (Å²) in [6.07, 6.45) is 3.07. The van der Waals surface area contributed by atoms with Crippen molar-refractivity contribution >= 4 is 11.6 Å². The second-order valence-electron chi connectivity index (χ2n) is 5.97. The normalized spacial score (nSPS) is 11.8. The third kappa shape index (κ3) is 4.70. The fourth-order valence-electron chi connectivity index (χ4n) is 2.45. The maximum atomic E-state index is 12.4. The highest BCUT2D eigenvalue weighted by molar-refractivity contribution is 5.94. The number of rotatable bonds is 6. The van der Waals surface area contributed by atoms with Gasteiger partial charge in [0, 0.05) is 18.1 Å². The molecule has 25 heavy (non-hydrogen) atoms. The van der Waals surface area contributed by atoms with Crippen molar-refractivity contribution in [3.05, 3.63) is 78.1 Å². The minimum atomic E-state index is -0.586. The summed E-state index contributed by atoms with van der Waals surface area (Å²) >= 11 is 0. The molecule has 5 nitrogen and oxygen atoms in total. The summed E-state index contributed by atoms with van der Waals surface area (Å²) in [6.45, 7) is 4.41. The van der Waals surface area contributed by atoms with Crippen molar-refractivity contribution in [2.24, 2.45) is 0 Å². The number of amides is 1. The third-order valence-corrected chi connectivity index (χ3v) is 3.80. The van der Waals surface area contributed by atoms with E-state index in [-0.39, 0.29) is 5.91 Å². The second-order valence-corrected chi connectivity index (χ2v) is 5.97. The predicted octanol–water partition coefficient (Wildman–Crippen LogP) is 3.65. The Morgan fingerprint density at radius 1 is 1.20 bits per heavy atom. The number of carbonyl (C=O) groups is 1. The van der Waals surface area contributed by atoms with Crippen molar-refractivity contribution < 1.29 is 9.53 Å². The van der Waals surface area contributed by atoms with Crippen LogP contribution in [0.4, 0.5) is 5.69 Å². The topological polar surface area (TPSA) is 56.1 Å². The van der Waals surface area contributed by atoms with Crippen molar-refractivity contribution in [3.8, 4) is 5.75 Å². The Balaban J connectivity index is 1.61. The zero-order valence-corrected chi connectivity index (χ0v) is 14.3.